The van der Waals surface area contributed by atoms with Gasteiger partial charge in [0.1, 0.15) is 11.4 Å². The van der Waals surface area contributed by atoms with Gasteiger partial charge in [0.05, 0.1) is 13.0 Å². The van der Waals surface area contributed by atoms with Crippen molar-refractivity contribution in [2.24, 2.45) is 17.8 Å². The first-order valence-corrected chi connectivity index (χ1v) is 12.9. The van der Waals surface area contributed by atoms with Gasteiger partial charge >= 0.3 is 6.09 Å². The summed E-state index contributed by atoms with van der Waals surface area (Å²) in [6.07, 6.45) is 8.12. The van der Waals surface area contributed by atoms with Crippen LogP contribution in [-0.4, -0.2) is 60.2 Å². The summed E-state index contributed by atoms with van der Waals surface area (Å²) in [6.45, 7) is 8.33. The number of aryl methyl sites for hydroxylation is 1. The maximum absolute atomic E-state index is 12.3. The van der Waals surface area contributed by atoms with Crippen molar-refractivity contribution in [1.82, 2.24) is 9.80 Å². The van der Waals surface area contributed by atoms with Gasteiger partial charge in [-0.1, -0.05) is 6.07 Å². The molecule has 0 aromatic heterocycles. The zero-order valence-electron chi connectivity index (χ0n) is 20.2. The fraction of sp³-hybridized carbons (Fsp3) is 0.704. The summed E-state index contributed by atoms with van der Waals surface area (Å²) in [4.78, 5) is 28.4. The molecular weight excluding hydrogens is 416 g/mol. The number of nitrogens with zero attached hydrogens (tertiary/aromatic N) is 2. The number of likely N-dealkylation sites (tertiary alicyclic amines) is 2. The largest absolute Gasteiger partial charge is 0.494 e. The number of hydrogen-bond acceptors (Lipinski definition) is 4. The van der Waals surface area contributed by atoms with Crippen LogP contribution in [-0.2, 0) is 16.0 Å². The van der Waals surface area contributed by atoms with Gasteiger partial charge in [0.2, 0.25) is 5.91 Å². The fourth-order valence-electron chi connectivity index (χ4n) is 5.37. The lowest BCUT2D eigenvalue weighted by molar-refractivity contribution is -0.133. The normalized spacial score (nSPS) is 25.9. The van der Waals surface area contributed by atoms with Crippen molar-refractivity contribution >= 4 is 12.0 Å². The Kier molecular flexibility index (Phi) is 6.28. The van der Waals surface area contributed by atoms with E-state index in [1.165, 1.54) is 6.42 Å². The van der Waals surface area contributed by atoms with E-state index in [2.05, 4.69) is 13.0 Å². The van der Waals surface area contributed by atoms with Gasteiger partial charge in [0.25, 0.3) is 0 Å². The van der Waals surface area contributed by atoms with E-state index >= 15 is 0 Å². The first-order chi connectivity index (χ1) is 15.9. The minimum Gasteiger partial charge on any atom is -0.494 e. The van der Waals surface area contributed by atoms with Crippen molar-refractivity contribution in [1.29, 1.82) is 0 Å². The minimum absolute atomic E-state index is 0.111. The molecular formula is C27H38N2O4. The molecule has 0 bridgehead atoms. The molecule has 180 valence electrons. The molecule has 0 N–H and O–H groups in total. The van der Waals surface area contributed by atoms with Crippen LogP contribution in [0.5, 0.6) is 5.75 Å². The van der Waals surface area contributed by atoms with Crippen molar-refractivity contribution in [3.63, 3.8) is 0 Å². The Morgan fingerprint density at radius 1 is 1.09 bits per heavy atom. The number of carbonyl (C=O) groups is 2. The van der Waals surface area contributed by atoms with Gasteiger partial charge < -0.3 is 19.3 Å². The molecule has 2 atom stereocenters. The first kappa shape index (κ1) is 22.5. The Balaban J connectivity index is 0.998. The van der Waals surface area contributed by atoms with Crippen LogP contribution in [0.3, 0.4) is 0 Å². The van der Waals surface area contributed by atoms with Gasteiger partial charge in [-0.15, -0.1) is 0 Å². The molecule has 2 saturated carbocycles. The van der Waals surface area contributed by atoms with Crippen molar-refractivity contribution in [2.45, 2.75) is 70.8 Å². The Labute approximate surface area is 197 Å². The van der Waals surface area contributed by atoms with E-state index < -0.39 is 0 Å². The van der Waals surface area contributed by atoms with Crippen molar-refractivity contribution in [3.8, 4) is 5.75 Å². The zero-order valence-corrected chi connectivity index (χ0v) is 20.2. The summed E-state index contributed by atoms with van der Waals surface area (Å²) >= 11 is 0. The van der Waals surface area contributed by atoms with Crippen LogP contribution >= 0.6 is 0 Å². The Bertz CT molecular complexity index is 884. The molecule has 2 saturated heterocycles. The smallest absolute Gasteiger partial charge is 0.410 e. The number of rotatable bonds is 8. The van der Waals surface area contributed by atoms with Gasteiger partial charge in [0, 0.05) is 26.2 Å². The maximum Gasteiger partial charge on any atom is 0.410 e. The third-order valence-electron chi connectivity index (χ3n) is 8.29. The summed E-state index contributed by atoms with van der Waals surface area (Å²) < 4.78 is 11.7. The van der Waals surface area contributed by atoms with Crippen LogP contribution in [0.2, 0.25) is 0 Å². The standard InChI is InChI=1S/C27H38N2O4/c1-19-16-23(5-4-21(19)18-25(30)28-11-3-12-28)32-15-8-22-17-24(22)20-6-13-29(14-7-20)26(31)33-27(2)9-10-27/h4-5,16,20,22,24H,3,6-15,17-18H2,1-2H3/t22-,24-/m1/s1. The van der Waals surface area contributed by atoms with Crippen molar-refractivity contribution < 1.29 is 19.1 Å². The highest BCUT2D eigenvalue weighted by Crippen LogP contribution is 2.50. The van der Waals surface area contributed by atoms with Gasteiger partial charge in [-0.05, 0) is 99.8 Å². The molecule has 4 fully saturated rings. The summed E-state index contributed by atoms with van der Waals surface area (Å²) in [7, 11) is 0. The molecule has 0 unspecified atom stereocenters. The van der Waals surface area contributed by atoms with Crippen molar-refractivity contribution in [3.05, 3.63) is 29.3 Å². The van der Waals surface area contributed by atoms with Crippen LogP contribution in [0, 0.1) is 24.7 Å². The third-order valence-corrected chi connectivity index (χ3v) is 8.29. The molecule has 2 aliphatic heterocycles. The third kappa shape index (κ3) is 5.47. The molecule has 4 aliphatic rings. The van der Waals surface area contributed by atoms with E-state index in [1.54, 1.807) is 0 Å². The summed E-state index contributed by atoms with van der Waals surface area (Å²) in [5.41, 5.74) is 2.05. The predicted molar refractivity (Wildman–Crippen MR) is 126 cm³/mol. The van der Waals surface area contributed by atoms with Gasteiger partial charge in [-0.2, -0.15) is 0 Å². The van der Waals surface area contributed by atoms with E-state index in [0.29, 0.717) is 6.42 Å². The SMILES string of the molecule is Cc1cc(OCC[C@@H]2C[C@@H]2C2CCN(C(=O)OC3(C)CC3)CC2)ccc1CC(=O)N1CCC1. The number of hydrogen-bond donors (Lipinski definition) is 0. The average molecular weight is 455 g/mol. The summed E-state index contributed by atoms with van der Waals surface area (Å²) in [5, 5.41) is 0. The van der Waals surface area contributed by atoms with Gasteiger partial charge in [-0.25, -0.2) is 4.79 Å². The minimum atomic E-state index is -0.181. The molecule has 33 heavy (non-hydrogen) atoms. The van der Waals surface area contributed by atoms with Crippen molar-refractivity contribution in [2.75, 3.05) is 32.8 Å². The van der Waals surface area contributed by atoms with E-state index in [4.69, 9.17) is 9.47 Å². The molecule has 6 heteroatoms. The Morgan fingerprint density at radius 3 is 2.48 bits per heavy atom. The highest BCUT2D eigenvalue weighted by molar-refractivity contribution is 5.79. The van der Waals surface area contributed by atoms with Crippen LogP contribution in [0.25, 0.3) is 0 Å². The molecule has 5 rings (SSSR count). The molecule has 2 heterocycles. The van der Waals surface area contributed by atoms with E-state index in [9.17, 15) is 9.59 Å². The quantitative estimate of drug-likeness (QED) is 0.577. The molecule has 6 nitrogen and oxygen atoms in total. The Morgan fingerprint density at radius 2 is 1.85 bits per heavy atom. The topological polar surface area (TPSA) is 59.1 Å². The van der Waals surface area contributed by atoms with E-state index in [1.807, 2.05) is 28.9 Å². The summed E-state index contributed by atoms with van der Waals surface area (Å²) in [6, 6.07) is 6.12. The van der Waals surface area contributed by atoms with Crippen LogP contribution in [0.4, 0.5) is 4.79 Å². The number of amides is 2. The number of ether oxygens (including phenoxy) is 2. The number of piperidine rings is 1. The van der Waals surface area contributed by atoms with Gasteiger partial charge in [-0.3, -0.25) is 4.79 Å². The number of carbonyl (C=O) groups excluding carboxylic acids is 2. The summed E-state index contributed by atoms with van der Waals surface area (Å²) in [5.74, 6) is 3.43. The molecule has 1 aromatic rings. The number of benzene rings is 1. The fourth-order valence-corrected chi connectivity index (χ4v) is 5.37. The first-order valence-electron chi connectivity index (χ1n) is 12.9. The highest BCUT2D eigenvalue weighted by atomic mass is 16.6. The second-order valence-electron chi connectivity index (χ2n) is 10.9. The zero-order chi connectivity index (χ0) is 23.0. The second kappa shape index (κ2) is 9.19. The lowest BCUT2D eigenvalue weighted by atomic mass is 9.91. The maximum atomic E-state index is 12.3. The molecule has 2 aliphatic carbocycles. The molecule has 0 radical (unpaired) electrons. The average Bonchev–Trinajstić information content (AvgIpc) is 3.67. The predicted octanol–water partition coefficient (Wildman–Crippen LogP) is 4.58. The van der Waals surface area contributed by atoms with Crippen LogP contribution in [0.15, 0.2) is 18.2 Å². The monoisotopic (exact) mass is 454 g/mol. The molecule has 1 aromatic carbocycles. The highest BCUT2D eigenvalue weighted by Gasteiger charge is 2.45. The van der Waals surface area contributed by atoms with Crippen LogP contribution < -0.4 is 4.74 Å². The van der Waals surface area contributed by atoms with Gasteiger partial charge in [0.15, 0.2) is 0 Å². The lowest BCUT2D eigenvalue weighted by Crippen LogP contribution is -2.42. The molecule has 0 spiro atoms. The molecule has 2 amide bonds. The second-order valence-corrected chi connectivity index (χ2v) is 10.9. The van der Waals surface area contributed by atoms with Crippen LogP contribution in [0.1, 0.15) is 63.0 Å². The Hall–Kier alpha value is -2.24. The van der Waals surface area contributed by atoms with E-state index in [0.717, 1.165) is 106 Å². The lowest BCUT2D eigenvalue weighted by Gasteiger charge is -2.32. The van der Waals surface area contributed by atoms with E-state index in [-0.39, 0.29) is 17.6 Å².